The molecule has 0 aliphatic carbocycles. The predicted molar refractivity (Wildman–Crippen MR) is 109 cm³/mol. The number of thiophene rings is 1. The number of fused-ring (bicyclic) bond motifs is 1. The number of anilines is 1. The van der Waals surface area contributed by atoms with Crippen LogP contribution in [0.1, 0.15) is 11.8 Å². The van der Waals surface area contributed by atoms with Gasteiger partial charge in [-0.05, 0) is 24.7 Å². The van der Waals surface area contributed by atoms with Crippen LogP contribution in [0.4, 0.5) is 5.69 Å². The van der Waals surface area contributed by atoms with Crippen molar-refractivity contribution in [2.45, 2.75) is 13.5 Å². The minimum atomic E-state index is -0.0754. The number of amides is 1. The highest BCUT2D eigenvalue weighted by Crippen LogP contribution is 2.35. The molecule has 26 heavy (non-hydrogen) atoms. The second-order valence-electron chi connectivity index (χ2n) is 5.89. The van der Waals surface area contributed by atoms with Crippen LogP contribution in [0.25, 0.3) is 10.1 Å². The van der Waals surface area contributed by atoms with Gasteiger partial charge in [0.15, 0.2) is 0 Å². The molecule has 1 N–H and O–H groups in total. The molecule has 0 saturated carbocycles. The van der Waals surface area contributed by atoms with E-state index in [0.29, 0.717) is 24.5 Å². The van der Waals surface area contributed by atoms with Crippen LogP contribution in [0.3, 0.4) is 0 Å². The molecule has 6 heteroatoms. The van der Waals surface area contributed by atoms with Gasteiger partial charge in [0.05, 0.1) is 24.4 Å². The zero-order chi connectivity index (χ0) is 18.5. The van der Waals surface area contributed by atoms with Gasteiger partial charge in [0.2, 0.25) is 5.91 Å². The molecule has 0 radical (unpaired) electrons. The van der Waals surface area contributed by atoms with Crippen molar-refractivity contribution >= 4 is 44.6 Å². The molecule has 0 fully saturated rings. The van der Waals surface area contributed by atoms with Gasteiger partial charge in [-0.2, -0.15) is 0 Å². The van der Waals surface area contributed by atoms with E-state index in [1.54, 1.807) is 18.4 Å². The van der Waals surface area contributed by atoms with Crippen LogP contribution in [0, 0.1) is 0 Å². The topological polar surface area (TPSA) is 41.6 Å². The quantitative estimate of drug-likeness (QED) is 0.617. The number of nitrogens with zero attached hydrogens (tertiary/aromatic N) is 1. The number of halogens is 1. The van der Waals surface area contributed by atoms with Gasteiger partial charge in [-0.1, -0.05) is 48.9 Å². The average Bonchev–Trinajstić information content (AvgIpc) is 2.97. The summed E-state index contributed by atoms with van der Waals surface area (Å²) in [4.78, 5) is 15.6. The predicted octanol–water partition coefficient (Wildman–Crippen LogP) is 5.02. The monoisotopic (exact) mass is 388 g/mol. The Hall–Kier alpha value is -2.08. The number of para-hydroxylation sites is 2. The van der Waals surface area contributed by atoms with Crippen molar-refractivity contribution in [3.63, 3.8) is 0 Å². The van der Waals surface area contributed by atoms with Crippen molar-refractivity contribution in [3.8, 4) is 5.75 Å². The minimum absolute atomic E-state index is 0.0754. The summed E-state index contributed by atoms with van der Waals surface area (Å²) in [7, 11) is 1.59. The molecular weight excluding hydrogens is 368 g/mol. The van der Waals surface area contributed by atoms with Crippen LogP contribution in [-0.2, 0) is 11.3 Å². The number of likely N-dealkylation sites (N-methyl/N-ethyl adjacent to an activating group) is 1. The summed E-state index contributed by atoms with van der Waals surface area (Å²) in [6.07, 6.45) is 0. The van der Waals surface area contributed by atoms with Crippen LogP contribution in [-0.4, -0.2) is 31.0 Å². The Bertz CT molecular complexity index is 910. The largest absolute Gasteiger partial charge is 0.495 e. The van der Waals surface area contributed by atoms with Gasteiger partial charge in [-0.15, -0.1) is 11.3 Å². The number of methoxy groups -OCH3 is 1. The maximum Gasteiger partial charge on any atom is 0.238 e. The van der Waals surface area contributed by atoms with Crippen LogP contribution in [0.5, 0.6) is 5.75 Å². The molecule has 0 aliphatic rings. The molecule has 0 spiro atoms. The smallest absolute Gasteiger partial charge is 0.238 e. The van der Waals surface area contributed by atoms with Gasteiger partial charge in [0.1, 0.15) is 5.75 Å². The van der Waals surface area contributed by atoms with Gasteiger partial charge in [-0.3, -0.25) is 9.69 Å². The highest BCUT2D eigenvalue weighted by atomic mass is 35.5. The molecule has 0 unspecified atom stereocenters. The van der Waals surface area contributed by atoms with Crippen molar-refractivity contribution in [2.24, 2.45) is 0 Å². The number of carbonyl (C=O) groups excluding carboxylic acids is 1. The van der Waals surface area contributed by atoms with Crippen molar-refractivity contribution in [1.29, 1.82) is 0 Å². The molecule has 3 rings (SSSR count). The Morgan fingerprint density at radius 2 is 1.92 bits per heavy atom. The maximum absolute atomic E-state index is 12.5. The number of rotatable bonds is 7. The number of hydrogen-bond acceptors (Lipinski definition) is 4. The molecule has 3 aromatic rings. The highest BCUT2D eigenvalue weighted by molar-refractivity contribution is 7.19. The fourth-order valence-corrected chi connectivity index (χ4v) is 4.32. The molecule has 0 aliphatic heterocycles. The lowest BCUT2D eigenvalue weighted by atomic mass is 10.2. The third kappa shape index (κ3) is 4.18. The molecule has 136 valence electrons. The molecule has 1 amide bonds. The summed E-state index contributed by atoms with van der Waals surface area (Å²) in [6, 6.07) is 15.5. The Labute approximate surface area is 162 Å². The lowest BCUT2D eigenvalue weighted by Gasteiger charge is -2.19. The van der Waals surface area contributed by atoms with Gasteiger partial charge < -0.3 is 10.1 Å². The van der Waals surface area contributed by atoms with Crippen molar-refractivity contribution in [2.75, 3.05) is 25.5 Å². The molecular formula is C20H21ClN2O2S. The molecule has 2 aromatic carbocycles. The third-order valence-corrected chi connectivity index (χ3v) is 5.86. The van der Waals surface area contributed by atoms with E-state index >= 15 is 0 Å². The van der Waals surface area contributed by atoms with E-state index in [-0.39, 0.29) is 5.91 Å². The SMILES string of the molecule is CCN(CC(=O)Nc1ccccc1OC)Cc1sc2ccccc2c1Cl. The molecule has 1 heterocycles. The van der Waals surface area contributed by atoms with Crippen LogP contribution < -0.4 is 10.1 Å². The van der Waals surface area contributed by atoms with E-state index in [1.807, 2.05) is 49.4 Å². The fraction of sp³-hybridized carbons (Fsp3) is 0.250. The Kier molecular flexibility index (Phi) is 6.14. The lowest BCUT2D eigenvalue weighted by Crippen LogP contribution is -2.32. The highest BCUT2D eigenvalue weighted by Gasteiger charge is 2.16. The maximum atomic E-state index is 12.5. The van der Waals surface area contributed by atoms with Gasteiger partial charge >= 0.3 is 0 Å². The van der Waals surface area contributed by atoms with Gasteiger partial charge in [0.25, 0.3) is 0 Å². The van der Waals surface area contributed by atoms with Crippen LogP contribution >= 0.6 is 22.9 Å². The van der Waals surface area contributed by atoms with Crippen LogP contribution in [0.15, 0.2) is 48.5 Å². The number of ether oxygens (including phenoxy) is 1. The van der Waals surface area contributed by atoms with Crippen LogP contribution in [0.2, 0.25) is 5.02 Å². The van der Waals surface area contributed by atoms with Crippen molar-refractivity contribution in [3.05, 3.63) is 58.4 Å². The van der Waals surface area contributed by atoms with Gasteiger partial charge in [-0.25, -0.2) is 0 Å². The number of hydrogen-bond donors (Lipinski definition) is 1. The first-order valence-electron chi connectivity index (χ1n) is 8.43. The minimum Gasteiger partial charge on any atom is -0.495 e. The number of benzene rings is 2. The summed E-state index contributed by atoms with van der Waals surface area (Å²) in [5, 5.41) is 4.78. The van der Waals surface area contributed by atoms with Crippen molar-refractivity contribution in [1.82, 2.24) is 4.90 Å². The van der Waals surface area contributed by atoms with Crippen molar-refractivity contribution < 1.29 is 9.53 Å². The zero-order valence-electron chi connectivity index (χ0n) is 14.8. The molecule has 4 nitrogen and oxygen atoms in total. The number of nitrogens with one attached hydrogen (secondary N) is 1. The lowest BCUT2D eigenvalue weighted by molar-refractivity contribution is -0.117. The van der Waals surface area contributed by atoms with E-state index in [0.717, 1.165) is 21.8 Å². The second kappa shape index (κ2) is 8.54. The Morgan fingerprint density at radius 1 is 1.19 bits per heavy atom. The molecule has 0 bridgehead atoms. The second-order valence-corrected chi connectivity index (χ2v) is 7.40. The molecule has 1 aromatic heterocycles. The van der Waals surface area contributed by atoms with E-state index in [9.17, 15) is 4.79 Å². The summed E-state index contributed by atoms with van der Waals surface area (Å²) in [6.45, 7) is 3.73. The Morgan fingerprint density at radius 3 is 2.65 bits per heavy atom. The van der Waals surface area contributed by atoms with E-state index in [1.165, 1.54) is 4.70 Å². The van der Waals surface area contributed by atoms with E-state index in [2.05, 4.69) is 16.3 Å². The molecule has 0 saturated heterocycles. The fourth-order valence-electron chi connectivity index (χ4n) is 2.79. The first-order valence-corrected chi connectivity index (χ1v) is 9.63. The van der Waals surface area contributed by atoms with E-state index in [4.69, 9.17) is 16.3 Å². The average molecular weight is 389 g/mol. The van der Waals surface area contributed by atoms with Gasteiger partial charge in [0, 0.05) is 21.5 Å². The number of carbonyl (C=O) groups is 1. The summed E-state index contributed by atoms with van der Waals surface area (Å²) >= 11 is 8.21. The Balaban J connectivity index is 1.68. The summed E-state index contributed by atoms with van der Waals surface area (Å²) in [5.74, 6) is 0.574. The zero-order valence-corrected chi connectivity index (χ0v) is 16.4. The normalized spacial score (nSPS) is 11.1. The first-order chi connectivity index (χ1) is 12.6. The first kappa shape index (κ1) is 18.7. The van der Waals surface area contributed by atoms with E-state index < -0.39 is 0 Å². The summed E-state index contributed by atoms with van der Waals surface area (Å²) in [5.41, 5.74) is 0.677. The molecule has 0 atom stereocenters. The summed E-state index contributed by atoms with van der Waals surface area (Å²) < 4.78 is 6.45. The standard InChI is InChI=1S/C20H21ClN2O2S/c1-3-23(12-18-20(21)14-8-4-7-11-17(14)26-18)13-19(24)22-15-9-5-6-10-16(15)25-2/h4-11H,3,12-13H2,1-2H3,(H,22,24). The third-order valence-electron chi connectivity index (χ3n) is 4.16.